The zero-order chi connectivity index (χ0) is 17.9. The van der Waals surface area contributed by atoms with Crippen molar-refractivity contribution >= 4 is 17.4 Å². The minimum Gasteiger partial charge on any atom is -0.329 e. The molecule has 1 heterocycles. The largest absolute Gasteiger partial charge is 0.329 e. The van der Waals surface area contributed by atoms with E-state index in [4.69, 9.17) is 0 Å². The van der Waals surface area contributed by atoms with Crippen molar-refractivity contribution in [3.05, 3.63) is 51.7 Å². The first-order valence-corrected chi connectivity index (χ1v) is 8.77. The van der Waals surface area contributed by atoms with Crippen molar-refractivity contribution in [1.29, 1.82) is 0 Å². The van der Waals surface area contributed by atoms with E-state index in [1.54, 1.807) is 35.4 Å². The Morgan fingerprint density at radius 3 is 2.50 bits per heavy atom. The molecule has 2 rings (SSSR count). The van der Waals surface area contributed by atoms with Crippen LogP contribution in [-0.2, 0) is 12.0 Å². The molecule has 0 aliphatic rings. The van der Waals surface area contributed by atoms with Gasteiger partial charge in [-0.2, -0.15) is 0 Å². The minimum atomic E-state index is -0.280. The third kappa shape index (κ3) is 4.77. The van der Waals surface area contributed by atoms with Gasteiger partial charge in [0.2, 0.25) is 0 Å². The summed E-state index contributed by atoms with van der Waals surface area (Å²) in [6.45, 7) is 8.70. The molecule has 0 radical (unpaired) electrons. The topological polar surface area (TPSA) is 45.2 Å². The Kier molecular flexibility index (Phi) is 5.59. The lowest BCUT2D eigenvalue weighted by atomic mass is 9.93. The molecule has 1 atom stereocenters. The molecular weight excluding hydrogens is 325 g/mol. The van der Waals surface area contributed by atoms with Crippen molar-refractivity contribution in [2.75, 3.05) is 7.05 Å². The Balaban J connectivity index is 1.95. The molecule has 0 saturated carbocycles. The van der Waals surface area contributed by atoms with Gasteiger partial charge in [0.25, 0.3) is 0 Å². The number of hydrogen-bond acceptors (Lipinski definition) is 3. The quantitative estimate of drug-likeness (QED) is 0.884. The molecule has 4 nitrogen and oxygen atoms in total. The summed E-state index contributed by atoms with van der Waals surface area (Å²) in [6.07, 6.45) is 0. The first-order chi connectivity index (χ1) is 11.2. The first kappa shape index (κ1) is 18.4. The molecule has 2 amide bonds. The fraction of sp³-hybridized carbons (Fsp3) is 0.444. The smallest absolute Gasteiger partial charge is 0.317 e. The van der Waals surface area contributed by atoms with Crippen LogP contribution in [0.3, 0.4) is 0 Å². The molecule has 2 aromatic rings. The van der Waals surface area contributed by atoms with Gasteiger partial charge < -0.3 is 10.2 Å². The number of hydrogen-bond donors (Lipinski definition) is 1. The molecule has 130 valence electrons. The van der Waals surface area contributed by atoms with Crippen molar-refractivity contribution in [2.24, 2.45) is 0 Å². The van der Waals surface area contributed by atoms with Crippen molar-refractivity contribution in [2.45, 2.75) is 45.7 Å². The van der Waals surface area contributed by atoms with Crippen LogP contribution < -0.4 is 5.32 Å². The predicted molar refractivity (Wildman–Crippen MR) is 95.6 cm³/mol. The summed E-state index contributed by atoms with van der Waals surface area (Å²) in [5.41, 5.74) is 1.91. The zero-order valence-corrected chi connectivity index (χ0v) is 15.6. The van der Waals surface area contributed by atoms with Gasteiger partial charge >= 0.3 is 6.03 Å². The molecule has 0 saturated heterocycles. The summed E-state index contributed by atoms with van der Waals surface area (Å²) in [6, 6.07) is 5.81. The maximum atomic E-state index is 12.9. The number of nitrogens with one attached hydrogen (secondary N) is 1. The molecule has 0 fully saturated rings. The van der Waals surface area contributed by atoms with Crippen LogP contribution in [0.25, 0.3) is 0 Å². The van der Waals surface area contributed by atoms with Crippen LogP contribution in [0.4, 0.5) is 9.18 Å². The number of carbonyl (C=O) groups excluding carboxylic acids is 1. The third-order valence-corrected chi connectivity index (χ3v) is 4.71. The van der Waals surface area contributed by atoms with Gasteiger partial charge in [0, 0.05) is 24.4 Å². The van der Waals surface area contributed by atoms with Crippen molar-refractivity contribution < 1.29 is 9.18 Å². The zero-order valence-electron chi connectivity index (χ0n) is 14.8. The maximum Gasteiger partial charge on any atom is 0.317 e. The van der Waals surface area contributed by atoms with E-state index in [9.17, 15) is 9.18 Å². The molecule has 0 aliphatic carbocycles. The van der Waals surface area contributed by atoms with Gasteiger partial charge in [-0.1, -0.05) is 32.9 Å². The van der Waals surface area contributed by atoms with Gasteiger partial charge in [-0.3, -0.25) is 0 Å². The molecule has 1 unspecified atom stereocenters. The lowest BCUT2D eigenvalue weighted by molar-refractivity contribution is 0.203. The van der Waals surface area contributed by atoms with Crippen molar-refractivity contribution in [3.63, 3.8) is 0 Å². The standard InChI is InChI=1S/C18H24FN3OS/c1-12(16-21-15(11-24-16)18(2,3)4)20-17(23)22(5)10-13-6-8-14(19)9-7-13/h6-9,11-12H,10H2,1-5H3,(H,20,23). The summed E-state index contributed by atoms with van der Waals surface area (Å²) >= 11 is 1.56. The van der Waals surface area contributed by atoms with E-state index < -0.39 is 0 Å². The van der Waals surface area contributed by atoms with E-state index in [2.05, 4.69) is 31.1 Å². The number of thiazole rings is 1. The Morgan fingerprint density at radius 1 is 1.33 bits per heavy atom. The summed E-state index contributed by atoms with van der Waals surface area (Å²) in [7, 11) is 1.72. The Hall–Kier alpha value is -1.95. The first-order valence-electron chi connectivity index (χ1n) is 7.89. The molecule has 24 heavy (non-hydrogen) atoms. The highest BCUT2D eigenvalue weighted by Crippen LogP contribution is 2.26. The number of urea groups is 1. The predicted octanol–water partition coefficient (Wildman–Crippen LogP) is 4.48. The van der Waals surface area contributed by atoms with Crippen LogP contribution in [0.5, 0.6) is 0 Å². The molecule has 1 aromatic carbocycles. The van der Waals surface area contributed by atoms with Gasteiger partial charge in [-0.25, -0.2) is 14.2 Å². The maximum absolute atomic E-state index is 12.9. The molecule has 1 aromatic heterocycles. The summed E-state index contributed by atoms with van der Waals surface area (Å²) in [5.74, 6) is -0.280. The average molecular weight is 349 g/mol. The Bertz CT molecular complexity index is 691. The second-order valence-electron chi connectivity index (χ2n) is 6.97. The molecule has 6 heteroatoms. The average Bonchev–Trinajstić information content (AvgIpc) is 2.99. The lowest BCUT2D eigenvalue weighted by Crippen LogP contribution is -2.38. The summed E-state index contributed by atoms with van der Waals surface area (Å²) in [5, 5.41) is 5.89. The summed E-state index contributed by atoms with van der Waals surface area (Å²) < 4.78 is 12.9. The molecule has 0 aliphatic heterocycles. The number of halogens is 1. The molecule has 1 N–H and O–H groups in total. The monoisotopic (exact) mass is 349 g/mol. The minimum absolute atomic E-state index is 0.00213. The molecule has 0 spiro atoms. The van der Waals surface area contributed by atoms with Gasteiger partial charge in [0.15, 0.2) is 0 Å². The van der Waals surface area contributed by atoms with Gasteiger partial charge in [0.1, 0.15) is 10.8 Å². The van der Waals surface area contributed by atoms with Gasteiger partial charge in [-0.05, 0) is 24.6 Å². The second-order valence-corrected chi connectivity index (χ2v) is 7.86. The highest BCUT2D eigenvalue weighted by atomic mass is 32.1. The number of aromatic nitrogens is 1. The number of nitrogens with zero attached hydrogens (tertiary/aromatic N) is 2. The van der Waals surface area contributed by atoms with Crippen LogP contribution in [0, 0.1) is 5.82 Å². The van der Waals surface area contributed by atoms with E-state index in [1.165, 1.54) is 12.1 Å². The third-order valence-electron chi connectivity index (χ3n) is 3.68. The number of benzene rings is 1. The Morgan fingerprint density at radius 2 is 1.96 bits per heavy atom. The van der Waals surface area contributed by atoms with Crippen LogP contribution in [0.2, 0.25) is 0 Å². The van der Waals surface area contributed by atoms with E-state index >= 15 is 0 Å². The SMILES string of the molecule is CC(NC(=O)N(C)Cc1ccc(F)cc1)c1nc(C(C)(C)C)cs1. The highest BCUT2D eigenvalue weighted by molar-refractivity contribution is 7.09. The number of carbonyl (C=O) groups is 1. The highest BCUT2D eigenvalue weighted by Gasteiger charge is 2.21. The lowest BCUT2D eigenvalue weighted by Gasteiger charge is -2.21. The van der Waals surface area contributed by atoms with Gasteiger partial charge in [-0.15, -0.1) is 11.3 Å². The van der Waals surface area contributed by atoms with E-state index in [1.807, 2.05) is 12.3 Å². The van der Waals surface area contributed by atoms with Crippen LogP contribution in [0.1, 0.15) is 50.0 Å². The normalized spacial score (nSPS) is 12.8. The molecule has 0 bridgehead atoms. The van der Waals surface area contributed by atoms with E-state index in [-0.39, 0.29) is 23.3 Å². The summed E-state index contributed by atoms with van der Waals surface area (Å²) in [4.78, 5) is 18.5. The fourth-order valence-electron chi connectivity index (χ4n) is 2.12. The second kappa shape index (κ2) is 7.30. The van der Waals surface area contributed by atoms with Crippen molar-refractivity contribution in [1.82, 2.24) is 15.2 Å². The van der Waals surface area contributed by atoms with Crippen LogP contribution >= 0.6 is 11.3 Å². The molecular formula is C18H24FN3OS. The number of amides is 2. The Labute approximate surface area is 146 Å². The number of rotatable bonds is 4. The van der Waals surface area contributed by atoms with E-state index in [0.29, 0.717) is 6.54 Å². The van der Waals surface area contributed by atoms with Crippen molar-refractivity contribution in [3.8, 4) is 0 Å². The van der Waals surface area contributed by atoms with Crippen LogP contribution in [0.15, 0.2) is 29.6 Å². The van der Waals surface area contributed by atoms with Gasteiger partial charge in [0.05, 0.1) is 11.7 Å². The fourth-order valence-corrected chi connectivity index (χ4v) is 3.18. The van der Waals surface area contributed by atoms with Crippen LogP contribution in [-0.4, -0.2) is 23.0 Å². The van der Waals surface area contributed by atoms with E-state index in [0.717, 1.165) is 16.3 Å².